The zero-order valence-electron chi connectivity index (χ0n) is 8.48. The van der Waals surface area contributed by atoms with Gasteiger partial charge in [-0.2, -0.15) is 0 Å². The summed E-state index contributed by atoms with van der Waals surface area (Å²) in [5.41, 5.74) is 1.42. The second kappa shape index (κ2) is 3.48. The lowest BCUT2D eigenvalue weighted by molar-refractivity contribution is 0.415. The Kier molecular flexibility index (Phi) is 2.78. The fraction of sp³-hybridized carbons (Fsp3) is 0.600. The first-order valence-corrected chi connectivity index (χ1v) is 8.00. The maximum Gasteiger partial charge on any atom is 0.241 e. The van der Waals surface area contributed by atoms with E-state index in [1.54, 1.807) is 0 Å². The van der Waals surface area contributed by atoms with Gasteiger partial charge in [0.2, 0.25) is 8.32 Å². The molecule has 0 N–H and O–H groups in total. The summed E-state index contributed by atoms with van der Waals surface area (Å²) in [6, 6.07) is 0. The van der Waals surface area contributed by atoms with Crippen LogP contribution in [0, 0.1) is 0 Å². The van der Waals surface area contributed by atoms with Crippen molar-refractivity contribution >= 4 is 8.32 Å². The molecule has 1 rings (SSSR count). The highest BCUT2D eigenvalue weighted by Gasteiger charge is 2.18. The van der Waals surface area contributed by atoms with Crippen molar-refractivity contribution in [3.63, 3.8) is 0 Å². The summed E-state index contributed by atoms with van der Waals surface area (Å²) in [7, 11) is -1.37. The Morgan fingerprint density at radius 2 is 2.08 bits per heavy atom. The van der Waals surface area contributed by atoms with E-state index in [4.69, 9.17) is 4.43 Å². The Morgan fingerprint density at radius 3 is 2.50 bits per heavy atom. The molecule has 0 fully saturated rings. The SMILES string of the molecule is CCC1=CCC(O[Si](C)(C)C)=C1. The topological polar surface area (TPSA) is 9.23 Å². The second-order valence-electron chi connectivity index (χ2n) is 4.16. The lowest BCUT2D eigenvalue weighted by Gasteiger charge is -2.19. The van der Waals surface area contributed by atoms with Crippen LogP contribution in [0.4, 0.5) is 0 Å². The van der Waals surface area contributed by atoms with Gasteiger partial charge in [-0.05, 0) is 37.7 Å². The molecule has 1 aliphatic carbocycles. The first kappa shape index (κ1) is 9.58. The van der Waals surface area contributed by atoms with Gasteiger partial charge >= 0.3 is 0 Å². The van der Waals surface area contributed by atoms with Gasteiger partial charge in [-0.3, -0.25) is 0 Å². The van der Waals surface area contributed by atoms with Crippen molar-refractivity contribution in [1.82, 2.24) is 0 Å². The summed E-state index contributed by atoms with van der Waals surface area (Å²) in [6.07, 6.45) is 6.58. The Hall–Kier alpha value is -0.503. The molecule has 0 atom stereocenters. The summed E-state index contributed by atoms with van der Waals surface area (Å²) < 4.78 is 5.88. The van der Waals surface area contributed by atoms with Gasteiger partial charge in [0.1, 0.15) is 0 Å². The predicted octanol–water partition coefficient (Wildman–Crippen LogP) is 3.46. The number of rotatable bonds is 3. The second-order valence-corrected chi connectivity index (χ2v) is 8.59. The van der Waals surface area contributed by atoms with E-state index in [-0.39, 0.29) is 0 Å². The van der Waals surface area contributed by atoms with Crippen molar-refractivity contribution in [1.29, 1.82) is 0 Å². The van der Waals surface area contributed by atoms with Gasteiger partial charge in [0.15, 0.2) is 0 Å². The van der Waals surface area contributed by atoms with Crippen LogP contribution < -0.4 is 0 Å². The number of allylic oxidation sites excluding steroid dienone is 3. The zero-order valence-corrected chi connectivity index (χ0v) is 9.48. The lowest BCUT2D eigenvalue weighted by atomic mass is 10.2. The fourth-order valence-electron chi connectivity index (χ4n) is 1.27. The average molecular weight is 182 g/mol. The smallest absolute Gasteiger partial charge is 0.241 e. The molecule has 0 saturated carbocycles. The summed E-state index contributed by atoms with van der Waals surface area (Å²) in [5, 5.41) is 0. The normalized spacial score (nSPS) is 17.3. The largest absolute Gasteiger partial charge is 0.547 e. The molecule has 1 nitrogen and oxygen atoms in total. The van der Waals surface area contributed by atoms with E-state index in [0.29, 0.717) is 0 Å². The number of hydrogen-bond acceptors (Lipinski definition) is 1. The van der Waals surface area contributed by atoms with Crippen LogP contribution in [0.1, 0.15) is 19.8 Å². The van der Waals surface area contributed by atoms with Crippen molar-refractivity contribution in [2.24, 2.45) is 0 Å². The maximum atomic E-state index is 5.88. The van der Waals surface area contributed by atoms with E-state index in [1.165, 1.54) is 11.3 Å². The molecular weight excluding hydrogens is 164 g/mol. The molecule has 68 valence electrons. The van der Waals surface area contributed by atoms with Gasteiger partial charge < -0.3 is 4.43 Å². The summed E-state index contributed by atoms with van der Waals surface area (Å²) in [6.45, 7) is 8.84. The molecule has 0 saturated heterocycles. The van der Waals surface area contributed by atoms with Crippen molar-refractivity contribution in [3.05, 3.63) is 23.5 Å². The minimum absolute atomic E-state index is 1.01. The molecule has 0 aromatic heterocycles. The van der Waals surface area contributed by atoms with E-state index in [2.05, 4.69) is 38.7 Å². The molecule has 0 spiro atoms. The van der Waals surface area contributed by atoms with Gasteiger partial charge in [0.05, 0.1) is 5.76 Å². The van der Waals surface area contributed by atoms with E-state index in [1.807, 2.05) is 0 Å². The van der Waals surface area contributed by atoms with Gasteiger partial charge in [0, 0.05) is 6.42 Å². The minimum atomic E-state index is -1.37. The molecule has 0 aromatic rings. The van der Waals surface area contributed by atoms with Crippen molar-refractivity contribution in [3.8, 4) is 0 Å². The van der Waals surface area contributed by atoms with Crippen molar-refractivity contribution in [2.45, 2.75) is 39.4 Å². The summed E-state index contributed by atoms with van der Waals surface area (Å²) >= 11 is 0. The Morgan fingerprint density at radius 1 is 1.42 bits per heavy atom. The Bertz CT molecular complexity index is 220. The van der Waals surface area contributed by atoms with Crippen LogP contribution in [0.15, 0.2) is 23.5 Å². The van der Waals surface area contributed by atoms with Crippen LogP contribution in [0.5, 0.6) is 0 Å². The Balaban J connectivity index is 2.49. The third-order valence-corrected chi connectivity index (χ3v) is 2.63. The molecule has 0 heterocycles. The molecule has 0 radical (unpaired) electrons. The molecule has 12 heavy (non-hydrogen) atoms. The monoisotopic (exact) mass is 182 g/mol. The van der Waals surface area contributed by atoms with Crippen LogP contribution in [0.25, 0.3) is 0 Å². The van der Waals surface area contributed by atoms with Crippen LogP contribution in [-0.2, 0) is 4.43 Å². The van der Waals surface area contributed by atoms with Crippen molar-refractivity contribution < 1.29 is 4.43 Å². The first-order chi connectivity index (χ1) is 5.51. The van der Waals surface area contributed by atoms with Gasteiger partial charge in [-0.15, -0.1) is 0 Å². The molecule has 0 aliphatic heterocycles. The fourth-order valence-corrected chi connectivity index (χ4v) is 2.20. The molecule has 0 unspecified atom stereocenters. The molecule has 1 aliphatic rings. The van der Waals surface area contributed by atoms with Gasteiger partial charge in [-0.25, -0.2) is 0 Å². The van der Waals surface area contributed by atoms with Crippen LogP contribution in [-0.4, -0.2) is 8.32 Å². The van der Waals surface area contributed by atoms with Crippen LogP contribution >= 0.6 is 0 Å². The zero-order chi connectivity index (χ0) is 9.19. The Labute approximate surface area is 76.3 Å². The van der Waals surface area contributed by atoms with Crippen LogP contribution in [0.3, 0.4) is 0 Å². The highest BCUT2D eigenvalue weighted by atomic mass is 28.4. The third-order valence-electron chi connectivity index (χ3n) is 1.76. The molecule has 0 bridgehead atoms. The minimum Gasteiger partial charge on any atom is -0.547 e. The molecular formula is C10H18OSi. The van der Waals surface area contributed by atoms with Crippen molar-refractivity contribution in [2.75, 3.05) is 0 Å². The number of hydrogen-bond donors (Lipinski definition) is 0. The standard InChI is InChI=1S/C10H18OSi/c1-5-9-6-7-10(8-9)11-12(2,3)4/h6,8H,5,7H2,1-4H3. The third kappa shape index (κ3) is 2.86. The molecule has 2 heteroatoms. The summed E-state index contributed by atoms with van der Waals surface area (Å²) in [5.74, 6) is 1.17. The molecule has 0 aromatic carbocycles. The highest BCUT2D eigenvalue weighted by Crippen LogP contribution is 2.23. The predicted molar refractivity (Wildman–Crippen MR) is 55.5 cm³/mol. The highest BCUT2D eigenvalue weighted by molar-refractivity contribution is 6.70. The average Bonchev–Trinajstić information content (AvgIpc) is 2.32. The van der Waals surface area contributed by atoms with E-state index < -0.39 is 8.32 Å². The van der Waals surface area contributed by atoms with E-state index in [9.17, 15) is 0 Å². The van der Waals surface area contributed by atoms with Gasteiger partial charge in [0.25, 0.3) is 0 Å². The van der Waals surface area contributed by atoms with Crippen LogP contribution in [0.2, 0.25) is 19.6 Å². The summed E-state index contributed by atoms with van der Waals surface area (Å²) in [4.78, 5) is 0. The first-order valence-electron chi connectivity index (χ1n) is 4.60. The van der Waals surface area contributed by atoms with E-state index in [0.717, 1.165) is 12.8 Å². The lowest BCUT2D eigenvalue weighted by Crippen LogP contribution is -2.24. The van der Waals surface area contributed by atoms with Gasteiger partial charge in [-0.1, -0.05) is 13.0 Å². The maximum absolute atomic E-state index is 5.88. The quantitative estimate of drug-likeness (QED) is 0.607. The van der Waals surface area contributed by atoms with E-state index >= 15 is 0 Å². The molecule has 0 amide bonds.